The van der Waals surface area contributed by atoms with Crippen molar-refractivity contribution in [3.63, 3.8) is 0 Å². The molecule has 0 aliphatic heterocycles. The molecule has 4 aliphatic rings. The summed E-state index contributed by atoms with van der Waals surface area (Å²) in [7, 11) is 0. The second-order valence-electron chi connectivity index (χ2n) is 11.9. The predicted molar refractivity (Wildman–Crippen MR) is 133 cm³/mol. The molecule has 2 spiro atoms. The Labute approximate surface area is 201 Å². The van der Waals surface area contributed by atoms with Crippen LogP contribution in [0.25, 0.3) is 0 Å². The van der Waals surface area contributed by atoms with Gasteiger partial charge in [-0.3, -0.25) is 4.79 Å². The zero-order valence-corrected chi connectivity index (χ0v) is 21.7. The van der Waals surface area contributed by atoms with Crippen LogP contribution in [0.4, 0.5) is 0 Å². The summed E-state index contributed by atoms with van der Waals surface area (Å²) in [6.07, 6.45) is 22.1. The van der Waals surface area contributed by atoms with Gasteiger partial charge in [0.25, 0.3) is 0 Å². The van der Waals surface area contributed by atoms with Crippen LogP contribution in [-0.4, -0.2) is 10.1 Å². The molecule has 3 heteroatoms. The first kappa shape index (κ1) is 24.4. The molecular weight excluding hydrogens is 423 g/mol. The van der Waals surface area contributed by atoms with E-state index >= 15 is 0 Å². The number of unbranched alkanes of at least 4 members (excludes halogenated alkanes) is 2. The topological polar surface area (TPSA) is 17.1 Å². The molecular formula is C28H46Cl2O. The van der Waals surface area contributed by atoms with E-state index in [-0.39, 0.29) is 0 Å². The second kappa shape index (κ2) is 9.85. The lowest BCUT2D eigenvalue weighted by Crippen LogP contribution is -2.74. The number of hydrogen-bond donors (Lipinski definition) is 0. The number of halogens is 2. The molecule has 178 valence electrons. The van der Waals surface area contributed by atoms with Crippen LogP contribution in [0.15, 0.2) is 0 Å². The van der Waals surface area contributed by atoms with Gasteiger partial charge < -0.3 is 0 Å². The van der Waals surface area contributed by atoms with Gasteiger partial charge in [-0.25, -0.2) is 0 Å². The van der Waals surface area contributed by atoms with Crippen LogP contribution in [0.2, 0.25) is 0 Å². The third kappa shape index (κ3) is 4.15. The van der Waals surface area contributed by atoms with E-state index in [0.717, 1.165) is 62.2 Å². The Morgan fingerprint density at radius 3 is 1.71 bits per heavy atom. The largest absolute Gasteiger partial charge is 0.298 e. The quantitative estimate of drug-likeness (QED) is 0.268. The Kier molecular flexibility index (Phi) is 7.75. The van der Waals surface area contributed by atoms with Crippen molar-refractivity contribution < 1.29 is 4.79 Å². The first-order valence-electron chi connectivity index (χ1n) is 13.8. The van der Waals surface area contributed by atoms with E-state index in [1.165, 1.54) is 77.0 Å². The minimum Gasteiger partial charge on any atom is -0.298 e. The molecule has 0 aromatic carbocycles. The summed E-state index contributed by atoms with van der Waals surface area (Å²) in [6.45, 7) is 4.59. The third-order valence-corrected chi connectivity index (χ3v) is 11.8. The summed E-state index contributed by atoms with van der Waals surface area (Å²) in [5.74, 6) is 3.90. The maximum absolute atomic E-state index is 13.7. The fourth-order valence-corrected chi connectivity index (χ4v) is 9.42. The molecule has 0 bridgehead atoms. The molecule has 0 aromatic rings. The lowest BCUT2D eigenvalue weighted by Gasteiger charge is -2.67. The monoisotopic (exact) mass is 468 g/mol. The van der Waals surface area contributed by atoms with E-state index < -0.39 is 15.2 Å². The number of Topliss-reactive ketones (excluding diaryl/α,β-unsaturated/α-hetero) is 1. The van der Waals surface area contributed by atoms with Gasteiger partial charge in [0.1, 0.15) is 4.33 Å². The highest BCUT2D eigenvalue weighted by atomic mass is 35.5. The highest BCUT2D eigenvalue weighted by Crippen LogP contribution is 2.74. The van der Waals surface area contributed by atoms with E-state index in [4.69, 9.17) is 23.2 Å². The first-order chi connectivity index (χ1) is 14.9. The molecule has 31 heavy (non-hydrogen) atoms. The number of carbonyl (C=O) groups is 1. The highest BCUT2D eigenvalue weighted by molar-refractivity contribution is 6.55. The summed E-state index contributed by atoms with van der Waals surface area (Å²) in [6, 6.07) is 0. The Morgan fingerprint density at radius 2 is 1.19 bits per heavy atom. The molecule has 4 saturated carbocycles. The lowest BCUT2D eigenvalue weighted by molar-refractivity contribution is -0.173. The molecule has 0 saturated heterocycles. The van der Waals surface area contributed by atoms with Crippen molar-refractivity contribution in [2.24, 2.45) is 34.5 Å². The highest BCUT2D eigenvalue weighted by Gasteiger charge is 2.79. The van der Waals surface area contributed by atoms with Crippen molar-refractivity contribution in [3.05, 3.63) is 0 Å². The molecule has 1 nitrogen and oxygen atoms in total. The summed E-state index contributed by atoms with van der Waals surface area (Å²) in [5, 5.41) is 0. The van der Waals surface area contributed by atoms with Gasteiger partial charge in [0.2, 0.25) is 0 Å². The molecule has 0 unspecified atom stereocenters. The van der Waals surface area contributed by atoms with Crippen molar-refractivity contribution in [2.75, 3.05) is 0 Å². The molecule has 0 radical (unpaired) electrons. The van der Waals surface area contributed by atoms with Crippen molar-refractivity contribution in [1.82, 2.24) is 0 Å². The number of carbonyl (C=O) groups excluding carboxylic acids is 1. The summed E-state index contributed by atoms with van der Waals surface area (Å²) < 4.78 is -0.824. The Hall–Kier alpha value is 0.250. The maximum atomic E-state index is 13.7. The van der Waals surface area contributed by atoms with Gasteiger partial charge in [-0.15, -0.1) is 0 Å². The van der Waals surface area contributed by atoms with Gasteiger partial charge in [0, 0.05) is 0 Å². The normalized spacial score (nSPS) is 42.6. The molecule has 0 aromatic heterocycles. The van der Waals surface area contributed by atoms with Crippen LogP contribution >= 0.6 is 23.2 Å². The number of rotatable bonds is 7. The Balaban J connectivity index is 1.31. The number of ketones is 1. The van der Waals surface area contributed by atoms with E-state index in [0.29, 0.717) is 5.78 Å². The zero-order chi connectivity index (χ0) is 22.1. The van der Waals surface area contributed by atoms with E-state index in [2.05, 4.69) is 13.8 Å². The van der Waals surface area contributed by atoms with Crippen molar-refractivity contribution in [3.8, 4) is 0 Å². The molecule has 4 fully saturated rings. The number of alkyl halides is 2. The lowest BCUT2D eigenvalue weighted by atomic mass is 9.42. The van der Waals surface area contributed by atoms with Crippen LogP contribution in [0.3, 0.4) is 0 Å². The van der Waals surface area contributed by atoms with E-state index in [1.54, 1.807) is 0 Å². The van der Waals surface area contributed by atoms with Gasteiger partial charge in [0.05, 0.1) is 10.8 Å². The first-order valence-corrected chi connectivity index (χ1v) is 14.6. The maximum Gasteiger partial charge on any atom is 0.151 e. The average molecular weight is 470 g/mol. The standard InChI is InChI=1S/C28H46Cl2O/c1-3-5-6-8-22-13-17-26(18-14-22)25(31)27(28(26,29)30)19-15-24(16-20-27)23-11-9-21(7-4-2)10-12-23/h21-24H,3-20H2,1-2H3/t21?,22?,23?,24-,26-,27+. The fourth-order valence-electron chi connectivity index (χ4n) is 8.32. The molecule has 0 heterocycles. The van der Waals surface area contributed by atoms with Gasteiger partial charge in [-0.05, 0) is 87.9 Å². The molecule has 0 N–H and O–H groups in total. The van der Waals surface area contributed by atoms with Crippen LogP contribution in [0.1, 0.15) is 129 Å². The molecule has 0 atom stereocenters. The van der Waals surface area contributed by atoms with Crippen molar-refractivity contribution >= 4 is 29.0 Å². The van der Waals surface area contributed by atoms with Crippen LogP contribution < -0.4 is 0 Å². The van der Waals surface area contributed by atoms with Crippen LogP contribution in [-0.2, 0) is 4.79 Å². The van der Waals surface area contributed by atoms with Gasteiger partial charge in [-0.2, -0.15) is 0 Å². The minimum atomic E-state index is -0.824. The van der Waals surface area contributed by atoms with Gasteiger partial charge >= 0.3 is 0 Å². The smallest absolute Gasteiger partial charge is 0.151 e. The van der Waals surface area contributed by atoms with Crippen molar-refractivity contribution in [1.29, 1.82) is 0 Å². The minimum absolute atomic E-state index is 0.428. The van der Waals surface area contributed by atoms with Gasteiger partial charge in [-0.1, -0.05) is 88.4 Å². The van der Waals surface area contributed by atoms with Crippen LogP contribution in [0, 0.1) is 34.5 Å². The Bertz CT molecular complexity index is 603. The SMILES string of the molecule is CCCCCC1CC[C@]2(CC1)C(=O)[C@@]1(CC[C@@H](C3CCC(CCC)CC3)CC1)C2(Cl)Cl. The zero-order valence-electron chi connectivity index (χ0n) is 20.2. The summed E-state index contributed by atoms with van der Waals surface area (Å²) in [4.78, 5) is 13.7. The molecule has 0 amide bonds. The molecule has 4 rings (SSSR count). The Morgan fingerprint density at radius 1 is 0.677 bits per heavy atom. The van der Waals surface area contributed by atoms with Crippen molar-refractivity contribution in [2.45, 2.75) is 134 Å². The van der Waals surface area contributed by atoms with E-state index in [1.807, 2.05) is 0 Å². The molecule has 4 aliphatic carbocycles. The van der Waals surface area contributed by atoms with Crippen LogP contribution in [0.5, 0.6) is 0 Å². The fraction of sp³-hybridized carbons (Fsp3) is 0.964. The van der Waals surface area contributed by atoms with E-state index in [9.17, 15) is 4.79 Å². The summed E-state index contributed by atoms with van der Waals surface area (Å²) in [5.41, 5.74) is -0.858. The average Bonchev–Trinajstić information content (AvgIpc) is 2.80. The number of hydrogen-bond acceptors (Lipinski definition) is 1. The second-order valence-corrected chi connectivity index (χ2v) is 13.2. The summed E-state index contributed by atoms with van der Waals surface area (Å²) >= 11 is 14.4. The third-order valence-electron chi connectivity index (χ3n) is 10.4. The predicted octanol–water partition coefficient (Wildman–Crippen LogP) is 9.28. The van der Waals surface area contributed by atoms with Gasteiger partial charge in [0.15, 0.2) is 5.78 Å².